The van der Waals surface area contributed by atoms with Crippen LogP contribution in [0.5, 0.6) is 0 Å². The molecule has 0 atom stereocenters. The molecule has 1 fully saturated rings. The molecule has 0 amide bonds. The first-order chi connectivity index (χ1) is 10.2. The lowest BCUT2D eigenvalue weighted by Crippen LogP contribution is -2.19. The van der Waals surface area contributed by atoms with Crippen molar-refractivity contribution in [3.63, 3.8) is 0 Å². The molecule has 21 heavy (non-hydrogen) atoms. The van der Waals surface area contributed by atoms with Gasteiger partial charge in [-0.3, -0.25) is 4.68 Å². The number of rotatable bonds is 5. The van der Waals surface area contributed by atoms with Crippen LogP contribution in [0.3, 0.4) is 0 Å². The molecule has 1 saturated heterocycles. The smallest absolute Gasteiger partial charge is 0.0729 e. The normalized spacial score (nSPS) is 14.9. The van der Waals surface area contributed by atoms with E-state index in [4.69, 9.17) is 0 Å². The predicted molar refractivity (Wildman–Crippen MR) is 87.8 cm³/mol. The zero-order valence-electron chi connectivity index (χ0n) is 12.9. The van der Waals surface area contributed by atoms with Crippen molar-refractivity contribution in [1.29, 1.82) is 0 Å². The van der Waals surface area contributed by atoms with E-state index >= 15 is 0 Å². The van der Waals surface area contributed by atoms with Gasteiger partial charge in [0.2, 0.25) is 0 Å². The fraction of sp³-hybridized carbons (Fsp3) is 0.471. The number of hydrogen-bond donors (Lipinski definition) is 1. The predicted octanol–water partition coefficient (Wildman–Crippen LogP) is 3.68. The molecule has 0 radical (unpaired) electrons. The Hall–Kier alpha value is -1.97. The summed E-state index contributed by atoms with van der Waals surface area (Å²) in [6, 6.07) is 9.10. The van der Waals surface area contributed by atoms with Crippen LogP contribution in [-0.2, 0) is 6.54 Å². The molecular formula is C17H24N4. The Balaban J connectivity index is 1.69. The van der Waals surface area contributed by atoms with Crippen molar-refractivity contribution in [2.24, 2.45) is 0 Å². The lowest BCUT2D eigenvalue weighted by atomic mass is 10.1. The van der Waals surface area contributed by atoms with Crippen LogP contribution in [-0.4, -0.2) is 22.9 Å². The fourth-order valence-electron chi connectivity index (χ4n) is 2.84. The third-order valence-corrected chi connectivity index (χ3v) is 4.05. The number of para-hydroxylation sites is 1. The first-order valence-electron chi connectivity index (χ1n) is 7.85. The van der Waals surface area contributed by atoms with Crippen molar-refractivity contribution in [1.82, 2.24) is 9.78 Å². The molecule has 0 aliphatic carbocycles. The number of benzene rings is 1. The van der Waals surface area contributed by atoms with Crippen LogP contribution in [0.25, 0.3) is 0 Å². The summed E-state index contributed by atoms with van der Waals surface area (Å²) in [5.74, 6) is 0. The van der Waals surface area contributed by atoms with Gasteiger partial charge in [0.15, 0.2) is 0 Å². The SMILES string of the molecule is CC(C)n1cc(NCc2ccccc2N2CCCC2)cn1. The average Bonchev–Trinajstić information content (AvgIpc) is 3.17. The molecule has 4 nitrogen and oxygen atoms in total. The van der Waals surface area contributed by atoms with E-state index in [1.165, 1.54) is 37.2 Å². The summed E-state index contributed by atoms with van der Waals surface area (Å²) in [5.41, 5.74) is 3.82. The highest BCUT2D eigenvalue weighted by Gasteiger charge is 2.15. The van der Waals surface area contributed by atoms with Crippen molar-refractivity contribution >= 4 is 11.4 Å². The molecular weight excluding hydrogens is 260 g/mol. The molecule has 0 unspecified atom stereocenters. The fourth-order valence-corrected chi connectivity index (χ4v) is 2.84. The third-order valence-electron chi connectivity index (χ3n) is 4.05. The topological polar surface area (TPSA) is 33.1 Å². The summed E-state index contributed by atoms with van der Waals surface area (Å²) in [7, 11) is 0. The van der Waals surface area contributed by atoms with Gasteiger partial charge in [-0.1, -0.05) is 18.2 Å². The molecule has 1 aliphatic rings. The van der Waals surface area contributed by atoms with Crippen LogP contribution < -0.4 is 10.2 Å². The second-order valence-corrected chi connectivity index (χ2v) is 5.98. The maximum Gasteiger partial charge on any atom is 0.0729 e. The van der Waals surface area contributed by atoms with Crippen LogP contribution in [0.4, 0.5) is 11.4 Å². The number of anilines is 2. The van der Waals surface area contributed by atoms with Crippen LogP contribution >= 0.6 is 0 Å². The first-order valence-corrected chi connectivity index (χ1v) is 7.85. The molecule has 112 valence electrons. The molecule has 1 N–H and O–H groups in total. The Labute approximate surface area is 126 Å². The van der Waals surface area contributed by atoms with Gasteiger partial charge in [-0.15, -0.1) is 0 Å². The summed E-state index contributed by atoms with van der Waals surface area (Å²) >= 11 is 0. The molecule has 4 heteroatoms. The van der Waals surface area contributed by atoms with Crippen LogP contribution in [0.2, 0.25) is 0 Å². The molecule has 0 bridgehead atoms. The van der Waals surface area contributed by atoms with Crippen LogP contribution in [0.1, 0.15) is 38.3 Å². The van der Waals surface area contributed by atoms with Gasteiger partial charge in [-0.2, -0.15) is 5.10 Å². The van der Waals surface area contributed by atoms with Crippen LogP contribution in [0.15, 0.2) is 36.7 Å². The Kier molecular flexibility index (Phi) is 4.13. The van der Waals surface area contributed by atoms with Gasteiger partial charge in [-0.25, -0.2) is 0 Å². The zero-order chi connectivity index (χ0) is 14.7. The Morgan fingerprint density at radius 1 is 1.19 bits per heavy atom. The number of hydrogen-bond acceptors (Lipinski definition) is 3. The molecule has 1 aromatic heterocycles. The molecule has 1 aromatic carbocycles. The lowest BCUT2D eigenvalue weighted by Gasteiger charge is -2.21. The first kappa shape index (κ1) is 14.0. The molecule has 0 saturated carbocycles. The number of nitrogens with zero attached hydrogens (tertiary/aromatic N) is 3. The highest BCUT2D eigenvalue weighted by atomic mass is 15.3. The second-order valence-electron chi connectivity index (χ2n) is 5.98. The highest BCUT2D eigenvalue weighted by molar-refractivity contribution is 5.55. The van der Waals surface area contributed by atoms with Gasteiger partial charge in [0.1, 0.15) is 0 Å². The summed E-state index contributed by atoms with van der Waals surface area (Å²) in [4.78, 5) is 2.49. The van der Waals surface area contributed by atoms with E-state index in [1.807, 2.05) is 10.9 Å². The minimum absolute atomic E-state index is 0.400. The largest absolute Gasteiger partial charge is 0.378 e. The van der Waals surface area contributed by atoms with Crippen molar-refractivity contribution in [3.05, 3.63) is 42.2 Å². The van der Waals surface area contributed by atoms with Gasteiger partial charge in [0.25, 0.3) is 0 Å². The van der Waals surface area contributed by atoms with Crippen LogP contribution in [0, 0.1) is 0 Å². The maximum absolute atomic E-state index is 4.37. The molecule has 3 rings (SSSR count). The minimum Gasteiger partial charge on any atom is -0.378 e. The van der Waals surface area contributed by atoms with Crippen molar-refractivity contribution in [3.8, 4) is 0 Å². The Morgan fingerprint density at radius 2 is 1.95 bits per heavy atom. The number of nitrogens with one attached hydrogen (secondary N) is 1. The average molecular weight is 284 g/mol. The van der Waals surface area contributed by atoms with Gasteiger partial charge in [0, 0.05) is 37.6 Å². The maximum atomic E-state index is 4.37. The quantitative estimate of drug-likeness (QED) is 0.909. The molecule has 2 aromatic rings. The van der Waals surface area contributed by atoms with E-state index < -0.39 is 0 Å². The zero-order valence-corrected chi connectivity index (χ0v) is 12.9. The second kappa shape index (κ2) is 6.20. The van der Waals surface area contributed by atoms with E-state index in [9.17, 15) is 0 Å². The lowest BCUT2D eigenvalue weighted by molar-refractivity contribution is 0.532. The third kappa shape index (κ3) is 3.20. The number of aromatic nitrogens is 2. The summed E-state index contributed by atoms with van der Waals surface area (Å²) in [5, 5.41) is 7.86. The van der Waals surface area contributed by atoms with Gasteiger partial charge in [0.05, 0.1) is 11.9 Å². The van der Waals surface area contributed by atoms with E-state index in [2.05, 4.69) is 59.6 Å². The Bertz CT molecular complexity index is 582. The summed E-state index contributed by atoms with van der Waals surface area (Å²) in [6.45, 7) is 7.49. The van der Waals surface area contributed by atoms with E-state index in [0.29, 0.717) is 6.04 Å². The summed E-state index contributed by atoms with van der Waals surface area (Å²) < 4.78 is 1.98. The van der Waals surface area contributed by atoms with Gasteiger partial charge < -0.3 is 10.2 Å². The molecule has 1 aliphatic heterocycles. The monoisotopic (exact) mass is 284 g/mol. The van der Waals surface area contributed by atoms with Crippen molar-refractivity contribution in [2.75, 3.05) is 23.3 Å². The molecule has 2 heterocycles. The van der Waals surface area contributed by atoms with E-state index in [1.54, 1.807) is 0 Å². The van der Waals surface area contributed by atoms with Gasteiger partial charge >= 0.3 is 0 Å². The Morgan fingerprint density at radius 3 is 2.67 bits per heavy atom. The highest BCUT2D eigenvalue weighted by Crippen LogP contribution is 2.25. The minimum atomic E-state index is 0.400. The van der Waals surface area contributed by atoms with E-state index in [-0.39, 0.29) is 0 Å². The van der Waals surface area contributed by atoms with Crippen molar-refractivity contribution < 1.29 is 0 Å². The van der Waals surface area contributed by atoms with Gasteiger partial charge in [-0.05, 0) is 38.3 Å². The van der Waals surface area contributed by atoms with E-state index in [0.717, 1.165) is 12.2 Å². The molecule has 0 spiro atoms. The van der Waals surface area contributed by atoms with Crippen molar-refractivity contribution in [2.45, 2.75) is 39.3 Å². The standard InChI is InChI=1S/C17H24N4/c1-14(2)21-13-16(12-19-21)18-11-15-7-3-4-8-17(15)20-9-5-6-10-20/h3-4,7-8,12-14,18H,5-6,9-11H2,1-2H3. The summed E-state index contributed by atoms with van der Waals surface area (Å²) in [6.07, 6.45) is 6.59.